The highest BCUT2D eigenvalue weighted by Gasteiger charge is 2.38. The molecular weight excluding hydrogens is 158 g/mol. The van der Waals surface area contributed by atoms with Crippen LogP contribution in [0, 0.1) is 17.3 Å². The first kappa shape index (κ1) is 11.0. The first-order valence-electron chi connectivity index (χ1n) is 5.60. The van der Waals surface area contributed by atoms with E-state index >= 15 is 0 Å². The van der Waals surface area contributed by atoms with E-state index in [0.29, 0.717) is 5.41 Å². The Morgan fingerprint density at radius 3 is 2.23 bits per heavy atom. The Balaban J connectivity index is 2.29. The maximum absolute atomic E-state index is 2.49. The van der Waals surface area contributed by atoms with Crippen LogP contribution in [0.3, 0.4) is 0 Å². The van der Waals surface area contributed by atoms with Gasteiger partial charge in [-0.2, -0.15) is 0 Å². The Labute approximate surface area is 83.5 Å². The lowest BCUT2D eigenvalue weighted by atomic mass is 9.87. The van der Waals surface area contributed by atoms with E-state index in [9.17, 15) is 0 Å². The van der Waals surface area contributed by atoms with E-state index in [2.05, 4.69) is 39.6 Å². The van der Waals surface area contributed by atoms with Crippen LogP contribution < -0.4 is 0 Å². The van der Waals surface area contributed by atoms with Gasteiger partial charge in [0.15, 0.2) is 0 Å². The zero-order chi connectivity index (χ0) is 10.1. The quantitative estimate of drug-likeness (QED) is 0.633. The zero-order valence-corrected chi connectivity index (χ0v) is 9.93. The first-order chi connectivity index (χ1) is 5.92. The zero-order valence-electron chi connectivity index (χ0n) is 9.93. The average Bonchev–Trinajstić information content (AvgIpc) is 2.60. The van der Waals surface area contributed by atoms with Crippen molar-refractivity contribution in [2.24, 2.45) is 17.3 Å². The normalized spacial score (nSPS) is 18.7. The highest BCUT2D eigenvalue weighted by atomic mass is 15.1. The highest BCUT2D eigenvalue weighted by molar-refractivity contribution is 4.89. The van der Waals surface area contributed by atoms with Gasteiger partial charge in [0.1, 0.15) is 0 Å². The fraction of sp³-hybridized carbons (Fsp3) is 1.00. The molecule has 0 aromatic rings. The van der Waals surface area contributed by atoms with Crippen molar-refractivity contribution in [3.8, 4) is 0 Å². The lowest BCUT2D eigenvalue weighted by Gasteiger charge is -2.31. The van der Waals surface area contributed by atoms with Crippen molar-refractivity contribution >= 4 is 0 Å². The van der Waals surface area contributed by atoms with Crippen LogP contribution in [0.5, 0.6) is 0 Å². The SMILES string of the molecule is CC(C)CN(C)CC(C)(C)C1CC1. The van der Waals surface area contributed by atoms with Gasteiger partial charge in [-0.1, -0.05) is 27.7 Å². The van der Waals surface area contributed by atoms with E-state index in [1.165, 1.54) is 25.9 Å². The molecule has 13 heavy (non-hydrogen) atoms. The molecule has 0 unspecified atom stereocenters. The van der Waals surface area contributed by atoms with Gasteiger partial charge in [-0.3, -0.25) is 0 Å². The van der Waals surface area contributed by atoms with Crippen molar-refractivity contribution in [1.29, 1.82) is 0 Å². The molecule has 0 aliphatic heterocycles. The molecule has 1 aliphatic rings. The monoisotopic (exact) mass is 183 g/mol. The van der Waals surface area contributed by atoms with Crippen molar-refractivity contribution in [1.82, 2.24) is 4.90 Å². The van der Waals surface area contributed by atoms with Gasteiger partial charge in [0, 0.05) is 13.1 Å². The largest absolute Gasteiger partial charge is 0.306 e. The van der Waals surface area contributed by atoms with Crippen LogP contribution in [0.1, 0.15) is 40.5 Å². The summed E-state index contributed by atoms with van der Waals surface area (Å²) in [6.45, 7) is 11.9. The van der Waals surface area contributed by atoms with Gasteiger partial charge in [0.05, 0.1) is 0 Å². The summed E-state index contributed by atoms with van der Waals surface area (Å²) >= 11 is 0. The molecule has 1 nitrogen and oxygen atoms in total. The van der Waals surface area contributed by atoms with Gasteiger partial charge in [-0.15, -0.1) is 0 Å². The van der Waals surface area contributed by atoms with E-state index in [-0.39, 0.29) is 0 Å². The lowest BCUT2D eigenvalue weighted by Crippen LogP contribution is -2.34. The van der Waals surface area contributed by atoms with E-state index in [0.717, 1.165) is 11.8 Å². The van der Waals surface area contributed by atoms with Crippen LogP contribution in [0.4, 0.5) is 0 Å². The van der Waals surface area contributed by atoms with Crippen molar-refractivity contribution < 1.29 is 0 Å². The Bertz CT molecular complexity index is 157. The molecule has 0 bridgehead atoms. The van der Waals surface area contributed by atoms with E-state index in [1.807, 2.05) is 0 Å². The number of nitrogens with zero attached hydrogens (tertiary/aromatic N) is 1. The minimum Gasteiger partial charge on any atom is -0.306 e. The molecule has 0 amide bonds. The molecule has 0 aromatic carbocycles. The molecular formula is C12H25N. The van der Waals surface area contributed by atoms with Crippen molar-refractivity contribution in [2.45, 2.75) is 40.5 Å². The van der Waals surface area contributed by atoms with Crippen molar-refractivity contribution in [3.05, 3.63) is 0 Å². The summed E-state index contributed by atoms with van der Waals surface area (Å²) in [5.41, 5.74) is 0.545. The molecule has 1 rings (SSSR count). The Kier molecular flexibility index (Phi) is 3.39. The highest BCUT2D eigenvalue weighted by Crippen LogP contribution is 2.45. The fourth-order valence-corrected chi connectivity index (χ4v) is 2.38. The van der Waals surface area contributed by atoms with Crippen LogP contribution in [0.2, 0.25) is 0 Å². The van der Waals surface area contributed by atoms with E-state index < -0.39 is 0 Å². The summed E-state index contributed by atoms with van der Waals surface area (Å²) < 4.78 is 0. The van der Waals surface area contributed by atoms with Gasteiger partial charge in [-0.25, -0.2) is 0 Å². The van der Waals surface area contributed by atoms with Gasteiger partial charge in [0.25, 0.3) is 0 Å². The molecule has 0 N–H and O–H groups in total. The van der Waals surface area contributed by atoms with Crippen molar-refractivity contribution in [3.63, 3.8) is 0 Å². The van der Waals surface area contributed by atoms with Gasteiger partial charge in [0.2, 0.25) is 0 Å². The summed E-state index contributed by atoms with van der Waals surface area (Å²) in [6, 6.07) is 0. The smallest absolute Gasteiger partial charge is 0.00324 e. The molecule has 0 spiro atoms. The van der Waals surface area contributed by atoms with Gasteiger partial charge < -0.3 is 4.90 Å². The predicted octanol–water partition coefficient (Wildman–Crippen LogP) is 3.01. The van der Waals surface area contributed by atoms with Crippen LogP contribution in [-0.2, 0) is 0 Å². The van der Waals surface area contributed by atoms with Crippen molar-refractivity contribution in [2.75, 3.05) is 20.1 Å². The van der Waals surface area contributed by atoms with E-state index in [1.54, 1.807) is 0 Å². The topological polar surface area (TPSA) is 3.24 Å². The summed E-state index contributed by atoms with van der Waals surface area (Å²) in [5.74, 6) is 1.79. The maximum atomic E-state index is 2.49. The Hall–Kier alpha value is -0.0400. The first-order valence-corrected chi connectivity index (χ1v) is 5.60. The standard InChI is InChI=1S/C12H25N/c1-10(2)8-13(5)9-12(3,4)11-6-7-11/h10-11H,6-9H2,1-5H3. The summed E-state index contributed by atoms with van der Waals surface area (Å²) in [7, 11) is 2.25. The molecule has 0 heterocycles. The minimum absolute atomic E-state index is 0.545. The second kappa shape index (κ2) is 4.00. The number of hydrogen-bond acceptors (Lipinski definition) is 1. The molecule has 0 aromatic heterocycles. The van der Waals surface area contributed by atoms with Crippen LogP contribution >= 0.6 is 0 Å². The summed E-state index contributed by atoms with van der Waals surface area (Å²) in [5, 5.41) is 0. The average molecular weight is 183 g/mol. The molecule has 1 aliphatic carbocycles. The number of rotatable bonds is 5. The Morgan fingerprint density at radius 2 is 1.85 bits per heavy atom. The minimum atomic E-state index is 0.545. The maximum Gasteiger partial charge on any atom is 0.00324 e. The summed E-state index contributed by atoms with van der Waals surface area (Å²) in [6.07, 6.45) is 2.92. The Morgan fingerprint density at radius 1 is 1.31 bits per heavy atom. The predicted molar refractivity (Wildman–Crippen MR) is 58.8 cm³/mol. The third-order valence-electron chi connectivity index (χ3n) is 3.04. The third kappa shape index (κ3) is 3.68. The molecule has 1 heteroatoms. The molecule has 0 radical (unpaired) electrons. The second-order valence-electron chi connectivity index (χ2n) is 5.85. The second-order valence-corrected chi connectivity index (χ2v) is 5.85. The molecule has 0 saturated heterocycles. The third-order valence-corrected chi connectivity index (χ3v) is 3.04. The molecule has 1 fully saturated rings. The molecule has 78 valence electrons. The molecule has 1 saturated carbocycles. The van der Waals surface area contributed by atoms with Crippen LogP contribution in [0.25, 0.3) is 0 Å². The van der Waals surface area contributed by atoms with Crippen LogP contribution in [0.15, 0.2) is 0 Å². The number of hydrogen-bond donors (Lipinski definition) is 0. The summed E-state index contributed by atoms with van der Waals surface area (Å²) in [4.78, 5) is 2.49. The van der Waals surface area contributed by atoms with Gasteiger partial charge in [-0.05, 0) is 37.1 Å². The molecule has 0 atom stereocenters. The fourth-order valence-electron chi connectivity index (χ4n) is 2.38. The van der Waals surface area contributed by atoms with E-state index in [4.69, 9.17) is 0 Å². The van der Waals surface area contributed by atoms with Gasteiger partial charge >= 0.3 is 0 Å². The van der Waals surface area contributed by atoms with Crippen LogP contribution in [-0.4, -0.2) is 25.0 Å². The lowest BCUT2D eigenvalue weighted by molar-refractivity contribution is 0.172.